The summed E-state index contributed by atoms with van der Waals surface area (Å²) in [5.74, 6) is 1.92. The van der Waals surface area contributed by atoms with Crippen molar-refractivity contribution in [2.24, 2.45) is 34.3 Å². The lowest BCUT2D eigenvalue weighted by Gasteiger charge is -2.57. The summed E-state index contributed by atoms with van der Waals surface area (Å²) in [6, 6.07) is 3.74. The number of allylic oxidation sites excluding steroid dienone is 3. The van der Waals surface area contributed by atoms with E-state index in [1.165, 1.54) is 36.0 Å². The van der Waals surface area contributed by atoms with Gasteiger partial charge in [-0.25, -0.2) is 0 Å². The van der Waals surface area contributed by atoms with Crippen LogP contribution >= 0.6 is 0 Å². The molecule has 5 rings (SSSR count). The normalized spacial score (nSPS) is 40.0. The molecule has 0 spiro atoms. The number of esters is 1. The van der Waals surface area contributed by atoms with Crippen molar-refractivity contribution in [3.63, 3.8) is 0 Å². The molecule has 4 heteroatoms. The Morgan fingerprint density at radius 3 is 2.71 bits per heavy atom. The molecule has 0 aromatic carbocycles. The molecule has 2 N–H and O–H groups in total. The first-order chi connectivity index (χ1) is 14.8. The number of ether oxygens (including phenoxy) is 1. The molecule has 0 bridgehead atoms. The third-order valence-corrected chi connectivity index (χ3v) is 9.27. The Morgan fingerprint density at radius 2 is 1.97 bits per heavy atom. The van der Waals surface area contributed by atoms with E-state index >= 15 is 0 Å². The molecular weight excluding hydrogens is 384 g/mol. The fraction of sp³-hybridized carbons (Fsp3) is 0.630. The minimum atomic E-state index is -0.544. The standard InChI is InChI=1S/C27H36N2O2/c1-17(28)25(30)31-20-10-12-26(2)19(15-20)6-7-21-23-9-8-22(18-5-4-14-29-16-18)27(23,3)13-11-24(21)26/h4-6,8,14,16-17,20-21,23-24H,7,9-13,15,28H2,1-3H3. The average Bonchev–Trinajstić information content (AvgIpc) is 3.11. The molecule has 0 saturated heterocycles. The first-order valence-corrected chi connectivity index (χ1v) is 12.1. The summed E-state index contributed by atoms with van der Waals surface area (Å²) in [6.07, 6.45) is 16.8. The van der Waals surface area contributed by atoms with Crippen LogP contribution in [0.5, 0.6) is 0 Å². The van der Waals surface area contributed by atoms with E-state index in [9.17, 15) is 4.79 Å². The van der Waals surface area contributed by atoms with Crippen LogP contribution in [-0.2, 0) is 9.53 Å². The predicted octanol–water partition coefficient (Wildman–Crippen LogP) is 5.30. The van der Waals surface area contributed by atoms with Gasteiger partial charge in [-0.2, -0.15) is 0 Å². The van der Waals surface area contributed by atoms with Crippen LogP contribution in [0.15, 0.2) is 42.3 Å². The minimum Gasteiger partial charge on any atom is -0.461 e. The number of nitrogens with two attached hydrogens (primary N) is 1. The molecule has 4 nitrogen and oxygen atoms in total. The van der Waals surface area contributed by atoms with Gasteiger partial charge in [-0.1, -0.05) is 37.6 Å². The van der Waals surface area contributed by atoms with Crippen molar-refractivity contribution in [1.82, 2.24) is 4.98 Å². The summed E-state index contributed by atoms with van der Waals surface area (Å²) in [6.45, 7) is 6.70. The van der Waals surface area contributed by atoms with Gasteiger partial charge in [-0.15, -0.1) is 0 Å². The van der Waals surface area contributed by atoms with Crippen LogP contribution in [0.2, 0.25) is 0 Å². The zero-order valence-corrected chi connectivity index (χ0v) is 19.1. The van der Waals surface area contributed by atoms with Crippen molar-refractivity contribution >= 4 is 11.5 Å². The molecule has 7 atom stereocenters. The second-order valence-electron chi connectivity index (χ2n) is 10.9. The Balaban J connectivity index is 1.37. The van der Waals surface area contributed by atoms with Crippen molar-refractivity contribution < 1.29 is 9.53 Å². The van der Waals surface area contributed by atoms with Gasteiger partial charge in [-0.05, 0) is 91.2 Å². The molecule has 1 aromatic heterocycles. The largest absolute Gasteiger partial charge is 0.461 e. The first-order valence-electron chi connectivity index (χ1n) is 12.1. The van der Waals surface area contributed by atoms with E-state index in [1.807, 2.05) is 12.4 Å². The van der Waals surface area contributed by atoms with E-state index in [0.29, 0.717) is 5.92 Å². The van der Waals surface area contributed by atoms with Gasteiger partial charge in [0, 0.05) is 18.8 Å². The first kappa shape index (κ1) is 20.9. The van der Waals surface area contributed by atoms with E-state index in [4.69, 9.17) is 10.5 Å². The number of hydrogen-bond donors (Lipinski definition) is 1. The summed E-state index contributed by atoms with van der Waals surface area (Å²) < 4.78 is 5.71. The molecule has 4 aliphatic rings. The maximum Gasteiger partial charge on any atom is 0.322 e. The summed E-state index contributed by atoms with van der Waals surface area (Å²) in [7, 11) is 0. The van der Waals surface area contributed by atoms with E-state index in [2.05, 4.69) is 43.1 Å². The summed E-state index contributed by atoms with van der Waals surface area (Å²) >= 11 is 0. The third kappa shape index (κ3) is 3.29. The molecule has 2 fully saturated rings. The molecule has 1 aromatic rings. The Kier molecular flexibility index (Phi) is 5.12. The van der Waals surface area contributed by atoms with Crippen LogP contribution in [0.1, 0.15) is 71.3 Å². The molecule has 166 valence electrons. The third-order valence-electron chi connectivity index (χ3n) is 9.27. The lowest BCUT2D eigenvalue weighted by atomic mass is 9.47. The fourth-order valence-corrected chi connectivity index (χ4v) is 7.54. The number of carbonyl (C=O) groups excluding carboxylic acids is 1. The molecule has 7 unspecified atom stereocenters. The van der Waals surface area contributed by atoms with E-state index in [1.54, 1.807) is 6.92 Å². The lowest BCUT2D eigenvalue weighted by Crippen LogP contribution is -2.50. The lowest BCUT2D eigenvalue weighted by molar-refractivity contribution is -0.152. The second-order valence-corrected chi connectivity index (χ2v) is 10.9. The minimum absolute atomic E-state index is 0.00596. The molecule has 4 aliphatic carbocycles. The molecule has 1 heterocycles. The van der Waals surface area contributed by atoms with Crippen LogP contribution in [0.4, 0.5) is 0 Å². The number of hydrogen-bond acceptors (Lipinski definition) is 4. The number of aromatic nitrogens is 1. The highest BCUT2D eigenvalue weighted by Crippen LogP contribution is 2.66. The highest BCUT2D eigenvalue weighted by atomic mass is 16.5. The van der Waals surface area contributed by atoms with Gasteiger partial charge in [0.25, 0.3) is 0 Å². The maximum absolute atomic E-state index is 12.0. The van der Waals surface area contributed by atoms with Gasteiger partial charge in [0.1, 0.15) is 12.1 Å². The van der Waals surface area contributed by atoms with Crippen molar-refractivity contribution in [2.75, 3.05) is 0 Å². The van der Waals surface area contributed by atoms with Gasteiger partial charge in [0.15, 0.2) is 0 Å². The fourth-order valence-electron chi connectivity index (χ4n) is 7.54. The molecule has 0 radical (unpaired) electrons. The molecule has 31 heavy (non-hydrogen) atoms. The van der Waals surface area contributed by atoms with Crippen LogP contribution in [-0.4, -0.2) is 23.1 Å². The van der Waals surface area contributed by atoms with Gasteiger partial charge in [0.2, 0.25) is 0 Å². The smallest absolute Gasteiger partial charge is 0.322 e. The van der Waals surface area contributed by atoms with Crippen LogP contribution < -0.4 is 5.73 Å². The highest BCUT2D eigenvalue weighted by molar-refractivity contribution is 5.75. The van der Waals surface area contributed by atoms with Crippen LogP contribution in [0.3, 0.4) is 0 Å². The van der Waals surface area contributed by atoms with Crippen molar-refractivity contribution in [3.8, 4) is 0 Å². The summed E-state index contributed by atoms with van der Waals surface area (Å²) in [5.41, 5.74) is 10.6. The Bertz CT molecular complexity index is 920. The number of nitrogens with zero attached hydrogens (tertiary/aromatic N) is 1. The topological polar surface area (TPSA) is 65.2 Å². The predicted molar refractivity (Wildman–Crippen MR) is 123 cm³/mol. The number of carbonyl (C=O) groups is 1. The van der Waals surface area contributed by atoms with E-state index < -0.39 is 6.04 Å². The quantitative estimate of drug-likeness (QED) is 0.532. The maximum atomic E-state index is 12.0. The molecule has 0 aliphatic heterocycles. The van der Waals surface area contributed by atoms with E-state index in [-0.39, 0.29) is 22.9 Å². The van der Waals surface area contributed by atoms with Gasteiger partial charge in [-0.3, -0.25) is 9.78 Å². The summed E-state index contributed by atoms with van der Waals surface area (Å²) in [5, 5.41) is 0. The summed E-state index contributed by atoms with van der Waals surface area (Å²) in [4.78, 5) is 16.4. The Hall–Kier alpha value is -1.94. The highest BCUT2D eigenvalue weighted by Gasteiger charge is 2.57. The Labute approximate surface area is 186 Å². The van der Waals surface area contributed by atoms with Gasteiger partial charge < -0.3 is 10.5 Å². The zero-order chi connectivity index (χ0) is 21.8. The zero-order valence-electron chi connectivity index (χ0n) is 19.1. The van der Waals surface area contributed by atoms with Crippen LogP contribution in [0, 0.1) is 28.6 Å². The monoisotopic (exact) mass is 420 g/mol. The van der Waals surface area contributed by atoms with Crippen LogP contribution in [0.25, 0.3) is 5.57 Å². The average molecular weight is 421 g/mol. The number of rotatable bonds is 3. The van der Waals surface area contributed by atoms with Gasteiger partial charge >= 0.3 is 5.97 Å². The molecule has 2 saturated carbocycles. The molecular formula is C27H36N2O2. The van der Waals surface area contributed by atoms with E-state index in [0.717, 1.165) is 37.5 Å². The Morgan fingerprint density at radius 1 is 1.16 bits per heavy atom. The number of fused-ring (bicyclic) bond motifs is 5. The number of pyridine rings is 1. The molecule has 0 amide bonds. The van der Waals surface area contributed by atoms with Crippen molar-refractivity contribution in [2.45, 2.75) is 77.9 Å². The van der Waals surface area contributed by atoms with Gasteiger partial charge in [0.05, 0.1) is 0 Å². The van der Waals surface area contributed by atoms with Crippen molar-refractivity contribution in [1.29, 1.82) is 0 Å². The second kappa shape index (κ2) is 7.58. The van der Waals surface area contributed by atoms with Crippen molar-refractivity contribution in [3.05, 3.63) is 47.8 Å². The SMILES string of the molecule is CC(N)C(=O)OC1CCC2(C)C(=CCC3C2CCC2(C)C(c4cccnc4)=CCC32)C1.